The molecule has 2 rings (SSSR count). The van der Waals surface area contributed by atoms with Crippen LogP contribution in [0.2, 0.25) is 0 Å². The van der Waals surface area contributed by atoms with E-state index in [2.05, 4.69) is 0 Å². The largest absolute Gasteiger partial charge is 0.366 e. The van der Waals surface area contributed by atoms with Crippen molar-refractivity contribution in [2.24, 2.45) is 11.6 Å². The first-order chi connectivity index (χ1) is 11.5. The summed E-state index contributed by atoms with van der Waals surface area (Å²) in [6.45, 7) is 4.00. The molecule has 0 bridgehead atoms. The molecule has 0 radical (unpaired) electrons. The number of rotatable bonds is 6. The maximum atomic E-state index is 11.3. The Balaban J connectivity index is 2.23. The zero-order valence-corrected chi connectivity index (χ0v) is 14.1. The minimum Gasteiger partial charge on any atom is -0.366 e. The van der Waals surface area contributed by atoms with Crippen molar-refractivity contribution in [2.45, 2.75) is 20.3 Å². The third-order valence-corrected chi connectivity index (χ3v) is 3.64. The van der Waals surface area contributed by atoms with Crippen LogP contribution >= 0.6 is 0 Å². The Hall–Kier alpha value is -2.85. The maximum absolute atomic E-state index is 11.3. The maximum Gasteiger partial charge on any atom is 0.248 e. The number of benzene rings is 2. The standard InChI is InChI=1S/C20H23N3O/c1-3-5-17(12-16-6-4-7-18(13-16)20(21)24)14-23(22)19-10-8-15(2)9-11-19/h3-11,13-14H,12,22H2,1-2H3,(H2,21,24)/b5-3-,17-14+. The van der Waals surface area contributed by atoms with E-state index in [0.717, 1.165) is 16.8 Å². The van der Waals surface area contributed by atoms with Gasteiger partial charge in [0.2, 0.25) is 5.91 Å². The first-order valence-corrected chi connectivity index (χ1v) is 7.82. The normalized spacial score (nSPS) is 11.7. The number of carbonyl (C=O) groups is 1. The van der Waals surface area contributed by atoms with Crippen molar-refractivity contribution in [3.05, 3.63) is 89.1 Å². The number of amides is 1. The van der Waals surface area contributed by atoms with E-state index in [4.69, 9.17) is 11.6 Å². The fourth-order valence-corrected chi connectivity index (χ4v) is 2.40. The molecule has 4 heteroatoms. The molecule has 1 amide bonds. The van der Waals surface area contributed by atoms with Gasteiger partial charge in [-0.1, -0.05) is 42.0 Å². The predicted molar refractivity (Wildman–Crippen MR) is 99.4 cm³/mol. The lowest BCUT2D eigenvalue weighted by molar-refractivity contribution is 0.1000. The molecule has 0 saturated carbocycles. The molecule has 0 aliphatic rings. The van der Waals surface area contributed by atoms with Crippen molar-refractivity contribution in [3.63, 3.8) is 0 Å². The second-order valence-corrected chi connectivity index (χ2v) is 5.69. The molecule has 0 aliphatic heterocycles. The highest BCUT2D eigenvalue weighted by Gasteiger charge is 2.05. The Morgan fingerprint density at radius 3 is 2.50 bits per heavy atom. The van der Waals surface area contributed by atoms with Gasteiger partial charge in [0.15, 0.2) is 0 Å². The third kappa shape index (κ3) is 4.83. The van der Waals surface area contributed by atoms with Gasteiger partial charge in [0.25, 0.3) is 0 Å². The molecule has 0 aromatic heterocycles. The first kappa shape index (κ1) is 17.5. The summed E-state index contributed by atoms with van der Waals surface area (Å²) in [6.07, 6.45) is 6.52. The van der Waals surface area contributed by atoms with Gasteiger partial charge in [-0.2, -0.15) is 0 Å². The van der Waals surface area contributed by atoms with E-state index in [9.17, 15) is 4.79 Å². The molecule has 0 atom stereocenters. The molecule has 2 aromatic rings. The number of anilines is 1. The molecule has 124 valence electrons. The number of hydrogen-bond acceptors (Lipinski definition) is 3. The van der Waals surface area contributed by atoms with Crippen LogP contribution in [0, 0.1) is 6.92 Å². The molecule has 0 saturated heterocycles. The topological polar surface area (TPSA) is 72.3 Å². The summed E-state index contributed by atoms with van der Waals surface area (Å²) in [5.41, 5.74) is 9.99. The van der Waals surface area contributed by atoms with Crippen LogP contribution in [0.1, 0.15) is 28.4 Å². The van der Waals surface area contributed by atoms with Crippen LogP contribution in [0.15, 0.2) is 72.5 Å². The molecule has 0 spiro atoms. The van der Waals surface area contributed by atoms with Gasteiger partial charge >= 0.3 is 0 Å². The van der Waals surface area contributed by atoms with Crippen LogP contribution in [-0.4, -0.2) is 5.91 Å². The number of aryl methyl sites for hydroxylation is 1. The van der Waals surface area contributed by atoms with E-state index < -0.39 is 5.91 Å². The number of hydrazine groups is 1. The van der Waals surface area contributed by atoms with Crippen LogP contribution in [0.5, 0.6) is 0 Å². The van der Waals surface area contributed by atoms with Crippen molar-refractivity contribution in [1.82, 2.24) is 0 Å². The van der Waals surface area contributed by atoms with Crippen LogP contribution < -0.4 is 16.6 Å². The lowest BCUT2D eigenvalue weighted by Crippen LogP contribution is -2.24. The minimum atomic E-state index is -0.423. The zero-order valence-electron chi connectivity index (χ0n) is 14.1. The van der Waals surface area contributed by atoms with Gasteiger partial charge in [-0.3, -0.25) is 9.80 Å². The highest BCUT2D eigenvalue weighted by Crippen LogP contribution is 2.16. The van der Waals surface area contributed by atoms with E-state index in [0.29, 0.717) is 12.0 Å². The number of primary amides is 1. The molecule has 0 unspecified atom stereocenters. The average Bonchev–Trinajstić information content (AvgIpc) is 2.55. The average molecular weight is 321 g/mol. The minimum absolute atomic E-state index is 0.423. The summed E-state index contributed by atoms with van der Waals surface area (Å²) >= 11 is 0. The van der Waals surface area contributed by atoms with Gasteiger partial charge in [0, 0.05) is 11.8 Å². The summed E-state index contributed by atoms with van der Waals surface area (Å²) in [7, 11) is 0. The Morgan fingerprint density at radius 1 is 1.17 bits per heavy atom. The van der Waals surface area contributed by atoms with Gasteiger partial charge in [0.05, 0.1) is 5.69 Å². The fourth-order valence-electron chi connectivity index (χ4n) is 2.40. The first-order valence-electron chi connectivity index (χ1n) is 7.82. The quantitative estimate of drug-likeness (QED) is 0.486. The zero-order chi connectivity index (χ0) is 17.5. The number of nitrogens with zero attached hydrogens (tertiary/aromatic N) is 1. The van der Waals surface area contributed by atoms with E-state index in [1.807, 2.05) is 74.7 Å². The number of hydrogen-bond donors (Lipinski definition) is 2. The van der Waals surface area contributed by atoms with Crippen LogP contribution in [0.4, 0.5) is 5.69 Å². The van der Waals surface area contributed by atoms with E-state index in [-0.39, 0.29) is 0 Å². The molecule has 4 nitrogen and oxygen atoms in total. The number of carbonyl (C=O) groups excluding carboxylic acids is 1. The summed E-state index contributed by atoms with van der Waals surface area (Å²) in [6, 6.07) is 15.3. The lowest BCUT2D eigenvalue weighted by Gasteiger charge is -2.16. The molecule has 4 N–H and O–H groups in total. The Kier molecular flexibility index (Phi) is 5.93. The molecular weight excluding hydrogens is 298 g/mol. The molecule has 2 aromatic carbocycles. The van der Waals surface area contributed by atoms with Crippen molar-refractivity contribution in [1.29, 1.82) is 0 Å². The Morgan fingerprint density at radius 2 is 1.88 bits per heavy atom. The van der Waals surface area contributed by atoms with Crippen molar-refractivity contribution >= 4 is 11.6 Å². The second kappa shape index (κ2) is 8.13. The van der Waals surface area contributed by atoms with Gasteiger partial charge in [0.1, 0.15) is 0 Å². The van der Waals surface area contributed by atoms with E-state index in [1.54, 1.807) is 11.1 Å². The Labute approximate surface area is 143 Å². The number of nitrogens with two attached hydrogens (primary N) is 2. The predicted octanol–water partition coefficient (Wildman–Crippen LogP) is 3.48. The monoisotopic (exact) mass is 321 g/mol. The van der Waals surface area contributed by atoms with Gasteiger partial charge in [-0.05, 0) is 55.7 Å². The summed E-state index contributed by atoms with van der Waals surface area (Å²) in [5.74, 6) is 5.73. The smallest absolute Gasteiger partial charge is 0.248 e. The van der Waals surface area contributed by atoms with Crippen LogP contribution in [0.3, 0.4) is 0 Å². The number of allylic oxidation sites excluding steroid dienone is 3. The lowest BCUT2D eigenvalue weighted by atomic mass is 10.0. The summed E-state index contributed by atoms with van der Waals surface area (Å²) in [4.78, 5) is 11.3. The van der Waals surface area contributed by atoms with Gasteiger partial charge in [-0.15, -0.1) is 0 Å². The van der Waals surface area contributed by atoms with Crippen molar-refractivity contribution in [3.8, 4) is 0 Å². The van der Waals surface area contributed by atoms with Crippen LogP contribution in [-0.2, 0) is 6.42 Å². The van der Waals surface area contributed by atoms with Gasteiger partial charge in [-0.25, -0.2) is 5.84 Å². The molecule has 0 heterocycles. The molecule has 0 aliphatic carbocycles. The summed E-state index contributed by atoms with van der Waals surface area (Å²) in [5, 5.41) is 1.60. The van der Waals surface area contributed by atoms with Crippen molar-refractivity contribution in [2.75, 3.05) is 5.01 Å². The highest BCUT2D eigenvalue weighted by atomic mass is 16.1. The molecule has 24 heavy (non-hydrogen) atoms. The van der Waals surface area contributed by atoms with E-state index in [1.165, 1.54) is 5.56 Å². The summed E-state index contributed by atoms with van der Waals surface area (Å²) < 4.78 is 0. The van der Waals surface area contributed by atoms with Gasteiger partial charge < -0.3 is 5.73 Å². The molecule has 0 fully saturated rings. The van der Waals surface area contributed by atoms with E-state index >= 15 is 0 Å². The second-order valence-electron chi connectivity index (χ2n) is 5.69. The van der Waals surface area contributed by atoms with Crippen molar-refractivity contribution < 1.29 is 4.79 Å². The van der Waals surface area contributed by atoms with Crippen LogP contribution in [0.25, 0.3) is 0 Å². The fraction of sp³-hybridized carbons (Fsp3) is 0.150. The third-order valence-electron chi connectivity index (χ3n) is 3.64. The molecular formula is C20H23N3O. The highest BCUT2D eigenvalue weighted by molar-refractivity contribution is 5.92. The Bertz CT molecular complexity index is 761. The SMILES string of the molecule is C/C=C\C(=C/N(N)c1ccc(C)cc1)Cc1cccc(C(N)=O)c1.